The number of carbonyl (C=O) groups is 2. The highest BCUT2D eigenvalue weighted by Gasteiger charge is 2.11. The number of aromatic nitrogens is 7. The Balaban J connectivity index is 1.14. The van der Waals surface area contributed by atoms with E-state index >= 15 is 0 Å². The normalized spacial score (nSPS) is 12.6. The fourth-order valence-electron chi connectivity index (χ4n) is 3.32. The Morgan fingerprint density at radius 2 is 1.91 bits per heavy atom. The molecule has 4 rings (SSSR count). The summed E-state index contributed by atoms with van der Waals surface area (Å²) < 4.78 is 3.34. The van der Waals surface area contributed by atoms with E-state index in [1.807, 2.05) is 30.5 Å². The molecule has 0 bridgehead atoms. The van der Waals surface area contributed by atoms with Crippen LogP contribution in [-0.4, -0.2) is 53.3 Å². The summed E-state index contributed by atoms with van der Waals surface area (Å²) in [4.78, 5) is 28.4. The topological polar surface area (TPSA) is 145 Å². The molecule has 0 radical (unpaired) electrons. The Bertz CT molecular complexity index is 1170. The first-order valence-electron chi connectivity index (χ1n) is 11.0. The van der Waals surface area contributed by atoms with Gasteiger partial charge in [-0.1, -0.05) is 22.6 Å². The predicted molar refractivity (Wildman–Crippen MR) is 123 cm³/mol. The van der Waals surface area contributed by atoms with Crippen LogP contribution in [0.4, 0.5) is 5.82 Å². The number of pyridine rings is 1. The van der Waals surface area contributed by atoms with Crippen LogP contribution in [0.5, 0.6) is 0 Å². The molecule has 1 aliphatic heterocycles. The average molecular weight is 463 g/mol. The molecular weight excluding hydrogens is 436 g/mol. The first kappa shape index (κ1) is 22.8. The zero-order chi connectivity index (χ0) is 23.6. The summed E-state index contributed by atoms with van der Waals surface area (Å²) in [6.45, 7) is 2.32. The van der Waals surface area contributed by atoms with Gasteiger partial charge in [-0.05, 0) is 42.3 Å². The second-order valence-corrected chi connectivity index (χ2v) is 7.77. The Morgan fingerprint density at radius 3 is 2.68 bits per heavy atom. The van der Waals surface area contributed by atoms with Crippen LogP contribution in [0.3, 0.4) is 0 Å². The Hall–Kier alpha value is -4.35. The number of carbonyl (C=O) groups excluding carboxylic acids is 2. The molecule has 0 saturated carbocycles. The highest BCUT2D eigenvalue weighted by Crippen LogP contribution is 2.08. The average Bonchev–Trinajstić information content (AvgIpc) is 3.51. The smallest absolute Gasteiger partial charge is 0.273 e. The number of dihydropyridines is 1. The van der Waals surface area contributed by atoms with Gasteiger partial charge in [0.25, 0.3) is 5.91 Å². The number of rotatable bonds is 11. The largest absolute Gasteiger partial charge is 0.387 e. The number of hydrogen-bond acceptors (Lipinski definition) is 8. The minimum absolute atomic E-state index is 0.123. The minimum Gasteiger partial charge on any atom is -0.387 e. The van der Waals surface area contributed by atoms with Crippen molar-refractivity contribution < 1.29 is 9.59 Å². The van der Waals surface area contributed by atoms with Gasteiger partial charge >= 0.3 is 0 Å². The van der Waals surface area contributed by atoms with Crippen LogP contribution in [0, 0.1) is 0 Å². The maximum absolute atomic E-state index is 12.2. The number of anilines is 1. The summed E-state index contributed by atoms with van der Waals surface area (Å²) in [5, 5.41) is 24.7. The van der Waals surface area contributed by atoms with E-state index in [1.165, 1.54) is 0 Å². The van der Waals surface area contributed by atoms with Crippen LogP contribution in [0.2, 0.25) is 0 Å². The molecule has 2 amide bonds. The summed E-state index contributed by atoms with van der Waals surface area (Å²) in [5.41, 5.74) is 2.20. The van der Waals surface area contributed by atoms with Crippen molar-refractivity contribution >= 4 is 17.6 Å². The molecule has 4 heterocycles. The van der Waals surface area contributed by atoms with E-state index in [2.05, 4.69) is 41.6 Å². The molecule has 0 saturated heterocycles. The van der Waals surface area contributed by atoms with E-state index in [4.69, 9.17) is 0 Å². The van der Waals surface area contributed by atoms with E-state index in [0.29, 0.717) is 38.4 Å². The zero-order valence-electron chi connectivity index (χ0n) is 18.6. The van der Waals surface area contributed by atoms with E-state index < -0.39 is 0 Å². The van der Waals surface area contributed by atoms with Crippen molar-refractivity contribution in [1.29, 1.82) is 0 Å². The van der Waals surface area contributed by atoms with Gasteiger partial charge in [-0.2, -0.15) is 0 Å². The van der Waals surface area contributed by atoms with Gasteiger partial charge in [-0.15, -0.1) is 10.2 Å². The lowest BCUT2D eigenvalue weighted by atomic mass is 10.1. The maximum Gasteiger partial charge on any atom is 0.273 e. The molecule has 3 N–H and O–H groups in total. The number of nitrogens with one attached hydrogen (secondary N) is 3. The fraction of sp³-hybridized carbons (Fsp3) is 0.318. The molecule has 0 atom stereocenters. The lowest BCUT2D eigenvalue weighted by Gasteiger charge is -2.09. The van der Waals surface area contributed by atoms with Crippen molar-refractivity contribution in [2.75, 3.05) is 11.9 Å². The number of amides is 2. The monoisotopic (exact) mass is 462 g/mol. The number of unbranched alkanes of at least 4 members (excludes halogenated alkanes) is 1. The van der Waals surface area contributed by atoms with Crippen molar-refractivity contribution in [2.24, 2.45) is 0 Å². The lowest BCUT2D eigenvalue weighted by molar-refractivity contribution is -0.115. The molecule has 0 aromatic carbocycles. The fourth-order valence-corrected chi connectivity index (χ4v) is 3.32. The Labute approximate surface area is 196 Å². The number of hydrogen-bond donors (Lipinski definition) is 3. The first-order valence-corrected chi connectivity index (χ1v) is 11.0. The Kier molecular flexibility index (Phi) is 7.72. The van der Waals surface area contributed by atoms with Crippen molar-refractivity contribution in [3.63, 3.8) is 0 Å². The zero-order valence-corrected chi connectivity index (χ0v) is 18.6. The molecule has 34 heavy (non-hydrogen) atoms. The molecule has 3 aromatic heterocycles. The van der Waals surface area contributed by atoms with Gasteiger partial charge in [-0.25, -0.2) is 0 Å². The number of nitrogens with zero attached hydrogens (tertiary/aromatic N) is 7. The molecular formula is C22H26N10O2. The summed E-state index contributed by atoms with van der Waals surface area (Å²) in [5.74, 6) is 0.0322. The molecule has 0 aliphatic carbocycles. The summed E-state index contributed by atoms with van der Waals surface area (Å²) >= 11 is 0. The lowest BCUT2D eigenvalue weighted by Crippen LogP contribution is -2.23. The van der Waals surface area contributed by atoms with Gasteiger partial charge < -0.3 is 16.0 Å². The minimum atomic E-state index is -0.278. The van der Waals surface area contributed by atoms with E-state index in [0.717, 1.165) is 24.0 Å². The van der Waals surface area contributed by atoms with Crippen molar-refractivity contribution in [1.82, 2.24) is 45.6 Å². The molecule has 12 nitrogen and oxygen atoms in total. The molecule has 3 aromatic rings. The first-order chi connectivity index (χ1) is 16.7. The van der Waals surface area contributed by atoms with Crippen LogP contribution in [0.1, 0.15) is 35.3 Å². The quantitative estimate of drug-likeness (QED) is 0.359. The summed E-state index contributed by atoms with van der Waals surface area (Å²) in [6, 6.07) is 3.71. The molecule has 176 valence electrons. The van der Waals surface area contributed by atoms with Gasteiger partial charge in [0.1, 0.15) is 0 Å². The van der Waals surface area contributed by atoms with Crippen molar-refractivity contribution in [3.8, 4) is 0 Å². The molecule has 0 spiro atoms. The molecule has 1 aliphatic rings. The standard InChI is InChI=1S/C22H26N10O2/c33-21(11-17-5-3-7-23-12-17)26-20-16-32(30-28-20)10-2-1-9-31-15-19(27-29-31)22(34)25-14-18-6-4-8-24-13-18/h3-8,13,15-16,23H,1-2,9-12,14H2,(H,25,34)(H,26,33). The van der Waals surface area contributed by atoms with Crippen molar-refractivity contribution in [3.05, 3.63) is 72.1 Å². The van der Waals surface area contributed by atoms with Crippen LogP contribution in [-0.2, 0) is 24.4 Å². The summed E-state index contributed by atoms with van der Waals surface area (Å²) in [6.07, 6.45) is 14.3. The van der Waals surface area contributed by atoms with Gasteiger partial charge in [0.15, 0.2) is 11.5 Å². The maximum atomic E-state index is 12.2. The van der Waals surface area contributed by atoms with Crippen molar-refractivity contribution in [2.45, 2.75) is 38.9 Å². The third kappa shape index (κ3) is 6.82. The summed E-state index contributed by atoms with van der Waals surface area (Å²) in [7, 11) is 0. The van der Waals surface area contributed by atoms with Gasteiger partial charge in [-0.3, -0.25) is 23.9 Å². The molecule has 0 unspecified atom stereocenters. The third-order valence-corrected chi connectivity index (χ3v) is 5.04. The van der Waals surface area contributed by atoms with Crippen LogP contribution >= 0.6 is 0 Å². The van der Waals surface area contributed by atoms with Gasteiger partial charge in [0.2, 0.25) is 5.91 Å². The van der Waals surface area contributed by atoms with E-state index in [1.54, 1.807) is 34.2 Å². The number of allylic oxidation sites excluding steroid dienone is 2. The molecule has 0 fully saturated rings. The SMILES string of the molecule is O=C(CC1=CC=CNC1)Nc1cn(CCCCn2cc(C(=O)NCc3cccnc3)nn2)nn1. The van der Waals surface area contributed by atoms with Crippen LogP contribution in [0.15, 0.2) is 60.8 Å². The van der Waals surface area contributed by atoms with Gasteiger partial charge in [0.05, 0.1) is 12.4 Å². The van der Waals surface area contributed by atoms with Gasteiger partial charge in [0, 0.05) is 45.0 Å². The Morgan fingerprint density at radius 1 is 1.09 bits per heavy atom. The van der Waals surface area contributed by atoms with Crippen LogP contribution in [0.25, 0.3) is 0 Å². The van der Waals surface area contributed by atoms with Crippen LogP contribution < -0.4 is 16.0 Å². The second kappa shape index (κ2) is 11.5. The van der Waals surface area contributed by atoms with E-state index in [-0.39, 0.29) is 17.5 Å². The highest BCUT2D eigenvalue weighted by molar-refractivity contribution is 5.92. The van der Waals surface area contributed by atoms with E-state index in [9.17, 15) is 9.59 Å². The molecule has 12 heteroatoms. The highest BCUT2D eigenvalue weighted by atomic mass is 16.2. The third-order valence-electron chi connectivity index (χ3n) is 5.04. The number of aryl methyl sites for hydroxylation is 2. The predicted octanol–water partition coefficient (Wildman–Crippen LogP) is 1.05. The second-order valence-electron chi connectivity index (χ2n) is 7.77.